The maximum Gasteiger partial charge on any atom is 0.261 e. The van der Waals surface area contributed by atoms with Crippen LogP contribution in [0.25, 0.3) is 10.9 Å². The zero-order valence-electron chi connectivity index (χ0n) is 17.8. The number of ether oxygens (including phenoxy) is 2. The molecule has 4 rings (SSSR count). The highest BCUT2D eigenvalue weighted by Crippen LogP contribution is 2.38. The van der Waals surface area contributed by atoms with Crippen molar-refractivity contribution < 1.29 is 14.3 Å². The molecule has 3 aromatic rings. The van der Waals surface area contributed by atoms with Crippen molar-refractivity contribution in [2.45, 2.75) is 32.2 Å². The fourth-order valence-corrected chi connectivity index (χ4v) is 4.20. The van der Waals surface area contributed by atoms with Crippen LogP contribution in [0.15, 0.2) is 35.1 Å². The molecule has 8 heteroatoms. The Morgan fingerprint density at radius 2 is 1.87 bits per heavy atom. The predicted octanol–water partition coefficient (Wildman–Crippen LogP) is 4.07. The number of hydrogen-bond donors (Lipinski definition) is 0. The first kappa shape index (κ1) is 21.2. The Balaban J connectivity index is 1.74. The van der Waals surface area contributed by atoms with Crippen molar-refractivity contribution in [1.82, 2.24) is 9.55 Å². The molecule has 31 heavy (non-hydrogen) atoms. The Kier molecular flexibility index (Phi) is 5.87. The first-order chi connectivity index (χ1) is 14.9. The molecule has 1 aliphatic rings. The highest BCUT2D eigenvalue weighted by molar-refractivity contribution is 6.32. The largest absolute Gasteiger partial charge is 0.495 e. The SMILES string of the molecule is COc1cc(OC)c(N(C)C(=O)c2ccc3c(=O)n4c(nc3c2)CCCCC4)cc1Cl. The van der Waals surface area contributed by atoms with Crippen molar-refractivity contribution in [1.29, 1.82) is 0 Å². The van der Waals surface area contributed by atoms with Gasteiger partial charge in [-0.3, -0.25) is 14.2 Å². The standard InChI is InChI=1S/C23H24ClN3O4/c1-26(18-12-16(24)19(30-2)13-20(18)31-3)22(28)14-8-9-15-17(11-14)25-21-7-5-4-6-10-27(21)23(15)29/h8-9,11-13H,4-7,10H2,1-3H3. The van der Waals surface area contributed by atoms with Crippen LogP contribution in [0.4, 0.5) is 5.69 Å². The summed E-state index contributed by atoms with van der Waals surface area (Å²) in [6, 6.07) is 8.29. The van der Waals surface area contributed by atoms with E-state index >= 15 is 0 Å². The Morgan fingerprint density at radius 3 is 2.61 bits per heavy atom. The Bertz CT molecular complexity index is 1220. The molecule has 0 saturated carbocycles. The fraction of sp³-hybridized carbons (Fsp3) is 0.348. The van der Waals surface area contributed by atoms with Crippen molar-refractivity contribution in [3.8, 4) is 11.5 Å². The van der Waals surface area contributed by atoms with Gasteiger partial charge >= 0.3 is 0 Å². The van der Waals surface area contributed by atoms with Gasteiger partial charge in [0.15, 0.2) is 0 Å². The lowest BCUT2D eigenvalue weighted by Gasteiger charge is -2.21. The number of aromatic nitrogens is 2. The fourth-order valence-electron chi connectivity index (χ4n) is 3.96. The second kappa shape index (κ2) is 8.59. The molecular weight excluding hydrogens is 418 g/mol. The van der Waals surface area contributed by atoms with E-state index in [-0.39, 0.29) is 11.5 Å². The zero-order valence-corrected chi connectivity index (χ0v) is 18.5. The summed E-state index contributed by atoms with van der Waals surface area (Å²) >= 11 is 6.26. The van der Waals surface area contributed by atoms with Gasteiger partial charge < -0.3 is 14.4 Å². The van der Waals surface area contributed by atoms with Crippen LogP contribution in [-0.2, 0) is 13.0 Å². The number of methoxy groups -OCH3 is 2. The van der Waals surface area contributed by atoms with Crippen molar-refractivity contribution in [3.63, 3.8) is 0 Å². The average Bonchev–Trinajstić information content (AvgIpc) is 3.03. The predicted molar refractivity (Wildman–Crippen MR) is 121 cm³/mol. The minimum absolute atomic E-state index is 0.0436. The molecule has 0 N–H and O–H groups in total. The third-order valence-corrected chi connectivity index (χ3v) is 5.98. The van der Waals surface area contributed by atoms with E-state index in [9.17, 15) is 9.59 Å². The molecule has 0 fully saturated rings. The number of halogens is 1. The second-order valence-corrected chi connectivity index (χ2v) is 7.96. The topological polar surface area (TPSA) is 73.7 Å². The lowest BCUT2D eigenvalue weighted by atomic mass is 10.1. The van der Waals surface area contributed by atoms with Gasteiger partial charge in [-0.15, -0.1) is 0 Å². The quantitative estimate of drug-likeness (QED) is 0.610. The van der Waals surface area contributed by atoms with Gasteiger partial charge in [-0.25, -0.2) is 4.98 Å². The van der Waals surface area contributed by atoms with E-state index < -0.39 is 0 Å². The highest BCUT2D eigenvalue weighted by atomic mass is 35.5. The molecule has 2 heterocycles. The molecule has 0 spiro atoms. The number of hydrogen-bond acceptors (Lipinski definition) is 5. The minimum atomic E-state index is -0.265. The molecule has 1 amide bonds. The Labute approximate surface area is 185 Å². The maximum absolute atomic E-state index is 13.2. The van der Waals surface area contributed by atoms with Crippen LogP contribution >= 0.6 is 11.6 Å². The molecular formula is C23H24ClN3O4. The number of carbonyl (C=O) groups is 1. The number of aryl methyl sites for hydroxylation is 1. The van der Waals surface area contributed by atoms with Crippen LogP contribution in [0.3, 0.4) is 0 Å². The lowest BCUT2D eigenvalue weighted by Crippen LogP contribution is -2.27. The van der Waals surface area contributed by atoms with Gasteiger partial charge in [0.1, 0.15) is 17.3 Å². The summed E-state index contributed by atoms with van der Waals surface area (Å²) in [6.07, 6.45) is 3.84. The van der Waals surface area contributed by atoms with Crippen molar-refractivity contribution in [3.05, 3.63) is 57.1 Å². The number of carbonyl (C=O) groups excluding carboxylic acids is 1. The van der Waals surface area contributed by atoms with E-state index in [1.807, 2.05) is 0 Å². The molecule has 0 saturated heterocycles. The number of nitrogens with zero attached hydrogens (tertiary/aromatic N) is 3. The number of fused-ring (bicyclic) bond motifs is 2. The van der Waals surface area contributed by atoms with Gasteiger partial charge in [-0.05, 0) is 37.1 Å². The smallest absolute Gasteiger partial charge is 0.261 e. The molecule has 0 atom stereocenters. The molecule has 0 aliphatic carbocycles. The van der Waals surface area contributed by atoms with Crippen LogP contribution in [0.5, 0.6) is 11.5 Å². The molecule has 1 aliphatic heterocycles. The molecule has 2 aromatic carbocycles. The molecule has 162 valence electrons. The summed E-state index contributed by atoms with van der Waals surface area (Å²) in [4.78, 5) is 32.3. The minimum Gasteiger partial charge on any atom is -0.495 e. The summed E-state index contributed by atoms with van der Waals surface area (Å²) in [5, 5.41) is 0.892. The lowest BCUT2D eigenvalue weighted by molar-refractivity contribution is 0.0992. The van der Waals surface area contributed by atoms with Gasteiger partial charge in [0.2, 0.25) is 0 Å². The van der Waals surface area contributed by atoms with Crippen LogP contribution in [0, 0.1) is 0 Å². The summed E-state index contributed by atoms with van der Waals surface area (Å²) in [6.45, 7) is 0.693. The number of benzene rings is 2. The Hall–Kier alpha value is -3.06. The van der Waals surface area contributed by atoms with Gasteiger partial charge in [-0.1, -0.05) is 18.0 Å². The van der Waals surface area contributed by atoms with Crippen LogP contribution in [-0.4, -0.2) is 36.7 Å². The summed E-state index contributed by atoms with van der Waals surface area (Å²) < 4.78 is 12.4. The third-order valence-electron chi connectivity index (χ3n) is 5.68. The maximum atomic E-state index is 13.2. The van der Waals surface area contributed by atoms with Crippen LogP contribution in [0.1, 0.15) is 35.4 Å². The van der Waals surface area contributed by atoms with E-state index in [1.165, 1.54) is 19.1 Å². The summed E-state index contributed by atoms with van der Waals surface area (Å²) in [5.74, 6) is 1.44. The second-order valence-electron chi connectivity index (χ2n) is 7.55. The van der Waals surface area contributed by atoms with Gasteiger partial charge in [0.25, 0.3) is 11.5 Å². The van der Waals surface area contributed by atoms with E-state index in [2.05, 4.69) is 0 Å². The van der Waals surface area contributed by atoms with Gasteiger partial charge in [-0.2, -0.15) is 0 Å². The van der Waals surface area contributed by atoms with E-state index in [0.29, 0.717) is 45.2 Å². The molecule has 0 bridgehead atoms. The van der Waals surface area contributed by atoms with Gasteiger partial charge in [0.05, 0.1) is 35.8 Å². The summed E-state index contributed by atoms with van der Waals surface area (Å²) in [5.41, 5.74) is 1.43. The van der Waals surface area contributed by atoms with Gasteiger partial charge in [0, 0.05) is 31.6 Å². The molecule has 7 nitrogen and oxygen atoms in total. The number of rotatable bonds is 4. The van der Waals surface area contributed by atoms with E-state index in [1.54, 1.807) is 41.9 Å². The van der Waals surface area contributed by atoms with Crippen LogP contribution < -0.4 is 19.9 Å². The van der Waals surface area contributed by atoms with Crippen molar-refractivity contribution in [2.75, 3.05) is 26.2 Å². The van der Waals surface area contributed by atoms with Crippen molar-refractivity contribution in [2.24, 2.45) is 0 Å². The van der Waals surface area contributed by atoms with Crippen molar-refractivity contribution >= 4 is 34.1 Å². The normalized spacial score (nSPS) is 13.4. The zero-order chi connectivity index (χ0) is 22.1. The average molecular weight is 442 g/mol. The molecule has 1 aromatic heterocycles. The monoisotopic (exact) mass is 441 g/mol. The highest BCUT2D eigenvalue weighted by Gasteiger charge is 2.21. The third kappa shape index (κ3) is 3.85. The first-order valence-corrected chi connectivity index (χ1v) is 10.6. The van der Waals surface area contributed by atoms with E-state index in [0.717, 1.165) is 31.5 Å². The number of anilines is 1. The molecule has 0 unspecified atom stereocenters. The summed E-state index contributed by atoms with van der Waals surface area (Å²) in [7, 11) is 4.68. The first-order valence-electron chi connectivity index (χ1n) is 10.2. The molecule has 0 radical (unpaired) electrons. The number of amides is 1. The van der Waals surface area contributed by atoms with E-state index in [4.69, 9.17) is 26.1 Å². The Morgan fingerprint density at radius 1 is 1.10 bits per heavy atom. The van der Waals surface area contributed by atoms with Crippen LogP contribution in [0.2, 0.25) is 5.02 Å².